The van der Waals surface area contributed by atoms with Gasteiger partial charge in [0.2, 0.25) is 0 Å². The molecule has 0 fully saturated rings. The van der Waals surface area contributed by atoms with Gasteiger partial charge in [-0.25, -0.2) is 15.0 Å². The van der Waals surface area contributed by atoms with Crippen molar-refractivity contribution in [3.8, 4) is 0 Å². The number of hydrogen-bond donors (Lipinski definition) is 1. The third-order valence-corrected chi connectivity index (χ3v) is 3.86. The number of halogens is 3. The molecular formula is C18H16Cl3N5. The molecule has 0 saturated heterocycles. The quantitative estimate of drug-likeness (QED) is 0.509. The van der Waals surface area contributed by atoms with Crippen molar-refractivity contribution in [1.82, 2.24) is 19.5 Å². The number of rotatable bonds is 4. The molecule has 0 aliphatic carbocycles. The molecule has 0 bridgehead atoms. The summed E-state index contributed by atoms with van der Waals surface area (Å²) in [6.07, 6.45) is 5.38. The van der Waals surface area contributed by atoms with E-state index in [9.17, 15) is 0 Å². The highest BCUT2D eigenvalue weighted by molar-refractivity contribution is 6.31. The number of nitrogens with zero attached hydrogens (tertiary/aromatic N) is 4. The second kappa shape index (κ2) is 8.85. The molecule has 2 heterocycles. The molecule has 0 saturated carbocycles. The number of fused-ring (bicyclic) bond motifs is 1. The minimum Gasteiger partial charge on any atom is -0.340 e. The van der Waals surface area contributed by atoms with Crippen molar-refractivity contribution in [3.05, 3.63) is 78.1 Å². The monoisotopic (exact) mass is 407 g/mol. The van der Waals surface area contributed by atoms with Gasteiger partial charge in [-0.05, 0) is 30.3 Å². The molecule has 8 heteroatoms. The average molecular weight is 409 g/mol. The zero-order valence-electron chi connectivity index (χ0n) is 13.5. The van der Waals surface area contributed by atoms with E-state index in [0.29, 0.717) is 17.4 Å². The number of anilines is 2. The second-order valence-electron chi connectivity index (χ2n) is 5.38. The van der Waals surface area contributed by atoms with Crippen molar-refractivity contribution < 1.29 is 0 Å². The van der Waals surface area contributed by atoms with E-state index in [4.69, 9.17) is 11.6 Å². The van der Waals surface area contributed by atoms with Gasteiger partial charge in [0.25, 0.3) is 0 Å². The Morgan fingerprint density at radius 3 is 2.54 bits per heavy atom. The van der Waals surface area contributed by atoms with Crippen LogP contribution in [0.1, 0.15) is 5.82 Å². The van der Waals surface area contributed by atoms with Crippen LogP contribution in [0.3, 0.4) is 0 Å². The number of nitrogens with one attached hydrogen (secondary N) is 1. The fourth-order valence-corrected chi connectivity index (χ4v) is 2.69. The van der Waals surface area contributed by atoms with Gasteiger partial charge in [-0.1, -0.05) is 29.8 Å². The van der Waals surface area contributed by atoms with Crippen LogP contribution >= 0.6 is 36.4 Å². The molecule has 2 aromatic heterocycles. The van der Waals surface area contributed by atoms with Crippen molar-refractivity contribution >= 4 is 58.8 Å². The molecule has 4 rings (SSSR count). The lowest BCUT2D eigenvalue weighted by atomic mass is 10.2. The Balaban J connectivity index is 0.00000121. The van der Waals surface area contributed by atoms with Gasteiger partial charge < -0.3 is 9.88 Å². The molecule has 0 amide bonds. The highest BCUT2D eigenvalue weighted by atomic mass is 35.5. The summed E-state index contributed by atoms with van der Waals surface area (Å²) < 4.78 is 1.93. The predicted molar refractivity (Wildman–Crippen MR) is 110 cm³/mol. The largest absolute Gasteiger partial charge is 0.340 e. The first-order chi connectivity index (χ1) is 11.8. The van der Waals surface area contributed by atoms with E-state index in [1.807, 2.05) is 59.3 Å². The molecule has 134 valence electrons. The fourth-order valence-electron chi connectivity index (χ4n) is 2.52. The molecule has 0 spiro atoms. The number of hydrogen-bond acceptors (Lipinski definition) is 4. The molecule has 2 aromatic carbocycles. The average Bonchev–Trinajstić information content (AvgIpc) is 3.09. The maximum atomic E-state index is 6.15. The number of para-hydroxylation sites is 1. The van der Waals surface area contributed by atoms with E-state index in [0.717, 1.165) is 22.4 Å². The van der Waals surface area contributed by atoms with Crippen LogP contribution in [0.2, 0.25) is 5.02 Å². The molecule has 0 unspecified atom stereocenters. The van der Waals surface area contributed by atoms with Crippen LogP contribution in [0, 0.1) is 0 Å². The first-order valence-corrected chi connectivity index (χ1v) is 7.90. The number of imidazole rings is 1. The van der Waals surface area contributed by atoms with Gasteiger partial charge in [0, 0.05) is 28.5 Å². The van der Waals surface area contributed by atoms with E-state index in [-0.39, 0.29) is 24.8 Å². The summed E-state index contributed by atoms with van der Waals surface area (Å²) in [6, 6.07) is 15.5. The Morgan fingerprint density at radius 1 is 1.00 bits per heavy atom. The molecule has 4 aromatic rings. The van der Waals surface area contributed by atoms with Crippen LogP contribution < -0.4 is 5.32 Å². The normalized spacial score (nSPS) is 10.0. The number of benzene rings is 2. The lowest BCUT2D eigenvalue weighted by Crippen LogP contribution is -2.06. The molecule has 0 radical (unpaired) electrons. The van der Waals surface area contributed by atoms with Gasteiger partial charge in [0.1, 0.15) is 5.82 Å². The van der Waals surface area contributed by atoms with Crippen LogP contribution in [-0.4, -0.2) is 19.5 Å². The summed E-state index contributed by atoms with van der Waals surface area (Å²) in [6.45, 7) is 0.558. The van der Waals surface area contributed by atoms with E-state index >= 15 is 0 Å². The van der Waals surface area contributed by atoms with Gasteiger partial charge in [-0.15, -0.1) is 24.8 Å². The highest BCUT2D eigenvalue weighted by Gasteiger charge is 2.09. The minimum atomic E-state index is 0. The minimum absolute atomic E-state index is 0. The van der Waals surface area contributed by atoms with Crippen LogP contribution in [0.4, 0.5) is 11.5 Å². The van der Waals surface area contributed by atoms with Crippen LogP contribution in [-0.2, 0) is 6.54 Å². The predicted octanol–water partition coefficient (Wildman–Crippen LogP) is 5.12. The van der Waals surface area contributed by atoms with Gasteiger partial charge in [-0.2, -0.15) is 0 Å². The Hall–Kier alpha value is -2.34. The van der Waals surface area contributed by atoms with Gasteiger partial charge in [-0.3, -0.25) is 0 Å². The first-order valence-electron chi connectivity index (χ1n) is 7.52. The van der Waals surface area contributed by atoms with Crippen molar-refractivity contribution in [2.75, 3.05) is 5.32 Å². The molecule has 0 aliphatic rings. The number of aromatic nitrogens is 4. The summed E-state index contributed by atoms with van der Waals surface area (Å²) in [5.74, 6) is 1.45. The molecular weight excluding hydrogens is 393 g/mol. The maximum absolute atomic E-state index is 6.15. The van der Waals surface area contributed by atoms with Crippen molar-refractivity contribution in [2.45, 2.75) is 6.54 Å². The van der Waals surface area contributed by atoms with Crippen molar-refractivity contribution in [3.63, 3.8) is 0 Å². The van der Waals surface area contributed by atoms with Crippen LogP contribution in [0.25, 0.3) is 10.9 Å². The molecule has 1 N–H and O–H groups in total. The van der Waals surface area contributed by atoms with E-state index in [2.05, 4.69) is 20.3 Å². The molecule has 5 nitrogen and oxygen atoms in total. The summed E-state index contributed by atoms with van der Waals surface area (Å²) in [7, 11) is 0. The standard InChI is InChI=1S/C18H14ClN5.2ClH/c19-13-6-7-16-15(10-13)18(21-14-4-2-1-3-5-14)23-17(22-16)11-24-9-8-20-12-24;;/h1-10,12H,11H2,(H,21,22,23);2*1H. The summed E-state index contributed by atoms with van der Waals surface area (Å²) in [4.78, 5) is 13.4. The Bertz CT molecular complexity index is 975. The lowest BCUT2D eigenvalue weighted by molar-refractivity contribution is 0.749. The third kappa shape index (κ3) is 4.43. The topological polar surface area (TPSA) is 55.6 Å². The fraction of sp³-hybridized carbons (Fsp3) is 0.0556. The molecule has 0 aliphatic heterocycles. The molecule has 26 heavy (non-hydrogen) atoms. The summed E-state index contributed by atoms with van der Waals surface area (Å²) >= 11 is 6.15. The maximum Gasteiger partial charge on any atom is 0.151 e. The second-order valence-corrected chi connectivity index (χ2v) is 5.81. The zero-order chi connectivity index (χ0) is 16.4. The summed E-state index contributed by atoms with van der Waals surface area (Å²) in [5.41, 5.74) is 1.81. The highest BCUT2D eigenvalue weighted by Crippen LogP contribution is 2.26. The van der Waals surface area contributed by atoms with Gasteiger partial charge >= 0.3 is 0 Å². The van der Waals surface area contributed by atoms with E-state index < -0.39 is 0 Å². The zero-order valence-corrected chi connectivity index (χ0v) is 15.9. The van der Waals surface area contributed by atoms with Gasteiger partial charge in [0.05, 0.1) is 18.4 Å². The SMILES string of the molecule is Cl.Cl.Clc1ccc2nc(Cn3ccnc3)nc(Nc3ccccc3)c2c1. The summed E-state index contributed by atoms with van der Waals surface area (Å²) in [5, 5.41) is 4.91. The Labute approximate surface area is 168 Å². The van der Waals surface area contributed by atoms with E-state index in [1.54, 1.807) is 12.5 Å². The van der Waals surface area contributed by atoms with E-state index in [1.165, 1.54) is 0 Å². The lowest BCUT2D eigenvalue weighted by Gasteiger charge is -2.11. The Morgan fingerprint density at radius 2 is 1.81 bits per heavy atom. The smallest absolute Gasteiger partial charge is 0.151 e. The van der Waals surface area contributed by atoms with Crippen LogP contribution in [0.15, 0.2) is 67.3 Å². The first kappa shape index (κ1) is 20.0. The molecule has 0 atom stereocenters. The van der Waals surface area contributed by atoms with Crippen molar-refractivity contribution in [1.29, 1.82) is 0 Å². The van der Waals surface area contributed by atoms with Gasteiger partial charge in [0.15, 0.2) is 5.82 Å². The van der Waals surface area contributed by atoms with Crippen molar-refractivity contribution in [2.24, 2.45) is 0 Å². The third-order valence-electron chi connectivity index (χ3n) is 3.62. The Kier molecular flexibility index (Phi) is 6.80. The van der Waals surface area contributed by atoms with Crippen LogP contribution in [0.5, 0.6) is 0 Å².